The van der Waals surface area contributed by atoms with Gasteiger partial charge in [0.05, 0.1) is 65.6 Å². The van der Waals surface area contributed by atoms with Crippen LogP contribution < -0.4 is 24.6 Å². The Balaban J connectivity index is 1.86. The van der Waals surface area contributed by atoms with Crippen LogP contribution in [0.15, 0.2) is 74.5 Å². The van der Waals surface area contributed by atoms with Crippen LogP contribution >= 0.6 is 55.1 Å². The van der Waals surface area contributed by atoms with Crippen LogP contribution in [0.3, 0.4) is 0 Å². The molecular formula is C33H22Br2Cl2N2O5. The van der Waals surface area contributed by atoms with E-state index >= 15 is 0 Å². The van der Waals surface area contributed by atoms with Crippen LogP contribution in [0.4, 0.5) is 0 Å². The zero-order valence-corrected chi connectivity index (χ0v) is 28.4. The number of aromatic nitrogens is 2. The monoisotopic (exact) mass is 754 g/mol. The fourth-order valence-electron chi connectivity index (χ4n) is 6.14. The summed E-state index contributed by atoms with van der Waals surface area (Å²) in [6.45, 7) is 0. The Morgan fingerprint density at radius 1 is 0.568 bits per heavy atom. The maximum absolute atomic E-state index is 14.9. The van der Waals surface area contributed by atoms with Gasteiger partial charge < -0.3 is 18.9 Å². The third-order valence-electron chi connectivity index (χ3n) is 7.97. The van der Waals surface area contributed by atoms with Gasteiger partial charge in [-0.15, -0.1) is 0 Å². The van der Waals surface area contributed by atoms with Crippen molar-refractivity contribution in [3.63, 3.8) is 0 Å². The van der Waals surface area contributed by atoms with Gasteiger partial charge in [0, 0.05) is 33.3 Å². The van der Waals surface area contributed by atoms with Gasteiger partial charge in [0.25, 0.3) is 0 Å². The maximum Gasteiger partial charge on any atom is 0.338 e. The first-order valence-electron chi connectivity index (χ1n) is 13.3. The van der Waals surface area contributed by atoms with Gasteiger partial charge in [-0.1, -0.05) is 47.5 Å². The number of hydrogen-bond acceptors (Lipinski definition) is 5. The molecule has 7 rings (SSSR count). The summed E-state index contributed by atoms with van der Waals surface area (Å²) in [7, 11) is 6.37. The van der Waals surface area contributed by atoms with Crippen LogP contribution in [0.5, 0.6) is 23.0 Å². The Bertz CT molecular complexity index is 2330. The van der Waals surface area contributed by atoms with Crippen molar-refractivity contribution in [3.05, 3.63) is 90.3 Å². The first kappa shape index (κ1) is 29.1. The predicted molar refractivity (Wildman–Crippen MR) is 183 cm³/mol. The van der Waals surface area contributed by atoms with E-state index in [2.05, 4.69) is 31.9 Å². The molecule has 0 spiro atoms. The second kappa shape index (κ2) is 10.8. The first-order valence-corrected chi connectivity index (χ1v) is 15.6. The summed E-state index contributed by atoms with van der Waals surface area (Å²) < 4.78 is 28.1. The van der Waals surface area contributed by atoms with Crippen molar-refractivity contribution in [1.29, 1.82) is 0 Å². The summed E-state index contributed by atoms with van der Waals surface area (Å²) >= 11 is 20.1. The van der Waals surface area contributed by atoms with E-state index in [1.807, 2.05) is 54.6 Å². The number of halogens is 4. The fraction of sp³-hybridized carbons (Fsp3) is 0.121. The summed E-state index contributed by atoms with van der Waals surface area (Å²) in [5.74, 6) is 2.12. The summed E-state index contributed by atoms with van der Waals surface area (Å²) in [4.78, 5) is 14.9. The van der Waals surface area contributed by atoms with Crippen LogP contribution in [0, 0.1) is 0 Å². The quantitative estimate of drug-likeness (QED) is 0.169. The predicted octanol–water partition coefficient (Wildman–Crippen LogP) is 9.50. The van der Waals surface area contributed by atoms with Crippen molar-refractivity contribution in [2.75, 3.05) is 28.4 Å². The molecule has 3 heterocycles. The molecule has 11 heteroatoms. The van der Waals surface area contributed by atoms with E-state index in [-0.39, 0.29) is 5.69 Å². The van der Waals surface area contributed by atoms with E-state index in [1.54, 1.807) is 43.3 Å². The second-order valence-electron chi connectivity index (χ2n) is 10.1. The largest absolute Gasteiger partial charge is 0.496 e. The topological polar surface area (TPSA) is 62.8 Å². The number of nitrogens with zero attached hydrogens (tertiary/aromatic N) is 2. The van der Waals surface area contributed by atoms with E-state index in [4.69, 9.17) is 42.1 Å². The van der Waals surface area contributed by atoms with Gasteiger partial charge in [-0.2, -0.15) is 0 Å². The normalized spacial score (nSPS) is 11.7. The summed E-state index contributed by atoms with van der Waals surface area (Å²) in [6, 6.07) is 18.6. The van der Waals surface area contributed by atoms with Crippen molar-refractivity contribution in [2.45, 2.75) is 0 Å². The maximum atomic E-state index is 14.9. The smallest absolute Gasteiger partial charge is 0.338 e. The zero-order chi connectivity index (χ0) is 31.0. The van der Waals surface area contributed by atoms with Crippen molar-refractivity contribution < 1.29 is 18.9 Å². The molecule has 0 radical (unpaired) electrons. The molecule has 7 aromatic rings. The molecule has 4 aromatic carbocycles. The highest BCUT2D eigenvalue weighted by atomic mass is 79.9. The van der Waals surface area contributed by atoms with E-state index < -0.39 is 0 Å². The van der Waals surface area contributed by atoms with Crippen LogP contribution in [0.25, 0.3) is 55.0 Å². The molecule has 222 valence electrons. The highest BCUT2D eigenvalue weighted by Gasteiger charge is 2.32. The zero-order valence-electron chi connectivity index (χ0n) is 23.7. The Morgan fingerprint density at radius 2 is 1.02 bits per heavy atom. The third kappa shape index (κ3) is 3.96. The molecule has 0 bridgehead atoms. The molecule has 0 aliphatic rings. The van der Waals surface area contributed by atoms with Gasteiger partial charge >= 0.3 is 5.69 Å². The number of rotatable bonds is 6. The van der Waals surface area contributed by atoms with Gasteiger partial charge in [-0.25, -0.2) is 4.79 Å². The lowest BCUT2D eigenvalue weighted by molar-refractivity contribution is 0.396. The highest BCUT2D eigenvalue weighted by molar-refractivity contribution is 9.11. The van der Waals surface area contributed by atoms with E-state index in [9.17, 15) is 4.79 Å². The standard InChI is InChI=1S/C33H22Br2Cl2N2O5/c1-41-19-13-21(43-3)27-29-23(15-5-9-17(36)10-6-15)25-20(42-2)14-22(44-4)28(34)31(25)38(29)33(40)39-30(27)26(19)24(32(39)35)16-7-11-18(37)12-8-16/h5-14H,1-4H3. The van der Waals surface area contributed by atoms with Crippen molar-refractivity contribution in [2.24, 2.45) is 0 Å². The molecule has 0 saturated heterocycles. The lowest BCUT2D eigenvalue weighted by atomic mass is 9.98. The lowest BCUT2D eigenvalue weighted by Gasteiger charge is -2.14. The number of benzene rings is 4. The number of methoxy groups -OCH3 is 4. The Labute approximate surface area is 278 Å². The van der Waals surface area contributed by atoms with E-state index in [1.165, 1.54) is 0 Å². The van der Waals surface area contributed by atoms with E-state index in [0.29, 0.717) is 64.1 Å². The van der Waals surface area contributed by atoms with Gasteiger partial charge in [0.1, 0.15) is 27.6 Å². The molecule has 0 fully saturated rings. The molecule has 0 saturated carbocycles. The molecule has 0 atom stereocenters. The average Bonchev–Trinajstić information content (AvgIpc) is 3.55. The average molecular weight is 757 g/mol. The van der Waals surface area contributed by atoms with E-state index in [0.717, 1.165) is 33.0 Å². The summed E-state index contributed by atoms with van der Waals surface area (Å²) in [5.41, 5.74) is 4.76. The number of ether oxygens (including phenoxy) is 4. The second-order valence-corrected chi connectivity index (χ2v) is 12.5. The van der Waals surface area contributed by atoms with Crippen molar-refractivity contribution in [3.8, 4) is 45.3 Å². The molecular weight excluding hydrogens is 735 g/mol. The van der Waals surface area contributed by atoms with Crippen molar-refractivity contribution in [1.82, 2.24) is 8.80 Å². The lowest BCUT2D eigenvalue weighted by Crippen LogP contribution is -2.21. The van der Waals surface area contributed by atoms with Crippen LogP contribution in [0.1, 0.15) is 0 Å². The van der Waals surface area contributed by atoms with Crippen LogP contribution in [-0.2, 0) is 0 Å². The number of fused-ring (bicyclic) bond motifs is 4. The minimum absolute atomic E-state index is 0.318. The first-order chi connectivity index (χ1) is 21.2. The minimum Gasteiger partial charge on any atom is -0.496 e. The molecule has 0 N–H and O–H groups in total. The summed E-state index contributed by atoms with van der Waals surface area (Å²) in [5, 5.41) is 3.36. The molecule has 0 aliphatic carbocycles. The SMILES string of the molecule is COc1cc(OC)c2c(-c3ccc(Cl)cc3)c3c4c(OC)cc(OC)c5c(-c6ccc(Cl)cc6)c(Br)n(c(=O)n3c2c1Br)c54. The number of hydrogen-bond donors (Lipinski definition) is 0. The van der Waals surface area contributed by atoms with Gasteiger partial charge in [0.2, 0.25) is 0 Å². The Morgan fingerprint density at radius 3 is 1.55 bits per heavy atom. The Hall–Kier alpha value is -3.63. The Kier molecular flexibility index (Phi) is 7.12. The van der Waals surface area contributed by atoms with Gasteiger partial charge in [0.15, 0.2) is 0 Å². The van der Waals surface area contributed by atoms with Crippen LogP contribution in [-0.4, -0.2) is 37.2 Å². The molecule has 7 nitrogen and oxygen atoms in total. The molecule has 3 aromatic heterocycles. The van der Waals surface area contributed by atoms with Crippen LogP contribution in [0.2, 0.25) is 10.0 Å². The summed E-state index contributed by atoms with van der Waals surface area (Å²) in [6.07, 6.45) is 0. The third-order valence-corrected chi connectivity index (χ3v) is 9.99. The highest BCUT2D eigenvalue weighted by Crippen LogP contribution is 2.53. The fourth-order valence-corrected chi connectivity index (χ4v) is 7.80. The van der Waals surface area contributed by atoms with Crippen molar-refractivity contribution >= 4 is 87.8 Å². The van der Waals surface area contributed by atoms with Gasteiger partial charge in [-0.05, 0) is 67.3 Å². The van der Waals surface area contributed by atoms with Gasteiger partial charge in [-0.3, -0.25) is 8.80 Å². The minimum atomic E-state index is -0.318. The molecule has 0 unspecified atom stereocenters. The molecule has 0 aliphatic heterocycles. The molecule has 0 amide bonds. The molecule has 44 heavy (non-hydrogen) atoms.